The van der Waals surface area contributed by atoms with Gasteiger partial charge >= 0.3 is 0 Å². The first kappa shape index (κ1) is 38.1. The van der Waals surface area contributed by atoms with Gasteiger partial charge in [0.2, 0.25) is 0 Å². The van der Waals surface area contributed by atoms with Crippen molar-refractivity contribution in [2.24, 2.45) is 0 Å². The fourth-order valence-corrected chi connectivity index (χ4v) is 12.0. The van der Waals surface area contributed by atoms with Crippen molar-refractivity contribution in [2.45, 2.75) is 38.5 Å². The lowest BCUT2D eigenvalue weighted by Crippen LogP contribution is -2.17. The fraction of sp³-hybridized carbons (Fsp3) is 0.0952. The first-order valence-corrected chi connectivity index (χ1v) is 23.4. The van der Waals surface area contributed by atoms with Crippen LogP contribution in [0, 0.1) is 0 Å². The summed E-state index contributed by atoms with van der Waals surface area (Å²) in [6, 6.07) is 70.7. The third-order valence-corrected chi connectivity index (χ3v) is 15.2. The van der Waals surface area contributed by atoms with E-state index in [1.54, 1.807) is 0 Å². The average molecular weight is 857 g/mol. The normalized spacial score (nSPS) is 14.2. The Labute approximate surface area is 390 Å². The van der Waals surface area contributed by atoms with E-state index in [-0.39, 0.29) is 10.8 Å². The number of hydrogen-bond acceptors (Lipinski definition) is 3. The Morgan fingerprint density at radius 1 is 0.343 bits per heavy atom. The van der Waals surface area contributed by atoms with Gasteiger partial charge in [0.25, 0.3) is 0 Å². The van der Waals surface area contributed by atoms with Gasteiger partial charge in [0, 0.05) is 49.4 Å². The summed E-state index contributed by atoms with van der Waals surface area (Å²) in [5, 5.41) is 2.46. The van der Waals surface area contributed by atoms with E-state index >= 15 is 0 Å². The standard InChI is InChI=1S/C63H44N4/c1-62(2)51-25-14-21-46-44-20-9-11-26-53(44)67-54-36-42(31-32-45(54)48-33-34-52(62)56(55(46)51)58(48)67)60-64-59(41-18-12-17-40(35-41)39-29-27-38(28-30-39)37-15-6-5-7-16-37)65-61(66-60)49-23-13-22-47-43-19-8-10-24-50(43)63(3,4)57(47)49/h5-36H,1-4H3. The number of para-hydroxylation sites is 1. The fourth-order valence-electron chi connectivity index (χ4n) is 12.0. The molecule has 4 nitrogen and oxygen atoms in total. The molecule has 3 heterocycles. The summed E-state index contributed by atoms with van der Waals surface area (Å²) in [5.74, 6) is 1.95. The molecule has 0 saturated heterocycles. The minimum absolute atomic E-state index is 0.123. The zero-order chi connectivity index (χ0) is 44.8. The van der Waals surface area contributed by atoms with Crippen molar-refractivity contribution in [1.82, 2.24) is 19.5 Å². The molecule has 0 N–H and O–H groups in total. The molecule has 0 fully saturated rings. The molecule has 0 unspecified atom stereocenters. The molecule has 0 bridgehead atoms. The van der Waals surface area contributed by atoms with E-state index in [1.165, 1.54) is 88.7 Å². The van der Waals surface area contributed by atoms with Crippen LogP contribution in [0.25, 0.3) is 117 Å². The van der Waals surface area contributed by atoms with Gasteiger partial charge in [-0.2, -0.15) is 0 Å². The molecule has 14 rings (SSSR count). The number of fused-ring (bicyclic) bond motifs is 9. The zero-order valence-corrected chi connectivity index (χ0v) is 37.8. The van der Waals surface area contributed by atoms with Crippen molar-refractivity contribution >= 4 is 21.8 Å². The Kier molecular flexibility index (Phi) is 7.77. The lowest BCUT2D eigenvalue weighted by atomic mass is 9.80. The highest BCUT2D eigenvalue weighted by Crippen LogP contribution is 2.58. The minimum atomic E-state index is -0.257. The smallest absolute Gasteiger partial charge is 0.164 e. The maximum atomic E-state index is 5.48. The van der Waals surface area contributed by atoms with Gasteiger partial charge in [0.1, 0.15) is 0 Å². The third kappa shape index (κ3) is 5.33. The van der Waals surface area contributed by atoms with E-state index in [0.29, 0.717) is 17.5 Å². The number of rotatable bonds is 5. The van der Waals surface area contributed by atoms with Crippen LogP contribution in [0.3, 0.4) is 0 Å². The highest BCUT2D eigenvalue weighted by Gasteiger charge is 2.41. The molecule has 11 aromatic rings. The number of aromatic nitrogens is 4. The Balaban J connectivity index is 0.991. The van der Waals surface area contributed by atoms with Gasteiger partial charge in [-0.05, 0) is 85.0 Å². The lowest BCUT2D eigenvalue weighted by molar-refractivity contribution is 0.661. The highest BCUT2D eigenvalue weighted by molar-refractivity contribution is 6.19. The van der Waals surface area contributed by atoms with Crippen molar-refractivity contribution in [3.63, 3.8) is 0 Å². The van der Waals surface area contributed by atoms with Gasteiger partial charge in [-0.3, -0.25) is 0 Å². The molecule has 4 heteroatoms. The highest BCUT2D eigenvalue weighted by atomic mass is 15.0. The molecule has 0 spiro atoms. The molecule has 316 valence electrons. The summed E-state index contributed by atoms with van der Waals surface area (Å²) in [6.45, 7) is 9.40. The van der Waals surface area contributed by atoms with Crippen LogP contribution in [0.1, 0.15) is 49.9 Å². The maximum Gasteiger partial charge on any atom is 0.164 e. The summed E-state index contributed by atoms with van der Waals surface area (Å²) in [4.78, 5) is 16.3. The Morgan fingerprint density at radius 3 is 1.70 bits per heavy atom. The van der Waals surface area contributed by atoms with Crippen LogP contribution in [-0.2, 0) is 10.8 Å². The molecule has 1 aliphatic heterocycles. The van der Waals surface area contributed by atoms with E-state index < -0.39 is 0 Å². The van der Waals surface area contributed by atoms with Crippen LogP contribution in [0.15, 0.2) is 194 Å². The van der Waals surface area contributed by atoms with Crippen LogP contribution in [0.2, 0.25) is 0 Å². The molecule has 3 aliphatic rings. The second kappa shape index (κ2) is 13.7. The Hall–Kier alpha value is -8.21. The predicted octanol–water partition coefficient (Wildman–Crippen LogP) is 15.9. The van der Waals surface area contributed by atoms with Crippen molar-refractivity contribution in [3.8, 4) is 95.5 Å². The molecule has 0 saturated carbocycles. The summed E-state index contributed by atoms with van der Waals surface area (Å²) in [7, 11) is 0. The SMILES string of the molecule is CC1(C)c2cccc3c2-c2c1ccc1c4ccc(-c5nc(-c6cccc(-c7ccc(-c8ccccc8)cc7)c6)nc(-c6cccc7c6C(C)(C)c6ccccc6-7)n5)cc4n(c21)-c1ccccc1-3. The summed E-state index contributed by atoms with van der Waals surface area (Å²) in [5.41, 5.74) is 23.8. The van der Waals surface area contributed by atoms with Crippen LogP contribution in [-0.4, -0.2) is 19.5 Å². The lowest BCUT2D eigenvalue weighted by Gasteiger charge is -2.24. The largest absolute Gasteiger partial charge is 0.308 e. The van der Waals surface area contributed by atoms with E-state index in [1.807, 2.05) is 0 Å². The molecule has 2 aliphatic carbocycles. The predicted molar refractivity (Wildman–Crippen MR) is 275 cm³/mol. The minimum Gasteiger partial charge on any atom is -0.308 e. The Bertz CT molecular complexity index is 3910. The van der Waals surface area contributed by atoms with E-state index in [2.05, 4.69) is 226 Å². The van der Waals surface area contributed by atoms with Gasteiger partial charge < -0.3 is 4.57 Å². The van der Waals surface area contributed by atoms with Crippen molar-refractivity contribution < 1.29 is 0 Å². The van der Waals surface area contributed by atoms with E-state index in [0.717, 1.165) is 33.3 Å². The maximum absolute atomic E-state index is 5.48. The monoisotopic (exact) mass is 856 g/mol. The summed E-state index contributed by atoms with van der Waals surface area (Å²) in [6.07, 6.45) is 0. The molecule has 9 aromatic carbocycles. The van der Waals surface area contributed by atoms with Gasteiger partial charge in [-0.1, -0.05) is 204 Å². The van der Waals surface area contributed by atoms with Gasteiger partial charge in [-0.25, -0.2) is 15.0 Å². The quantitative estimate of drug-likeness (QED) is 0.173. The van der Waals surface area contributed by atoms with Gasteiger partial charge in [0.05, 0.1) is 16.7 Å². The van der Waals surface area contributed by atoms with Gasteiger partial charge in [0.15, 0.2) is 17.5 Å². The first-order valence-electron chi connectivity index (χ1n) is 23.4. The second-order valence-corrected chi connectivity index (χ2v) is 19.6. The summed E-state index contributed by atoms with van der Waals surface area (Å²) >= 11 is 0. The zero-order valence-electron chi connectivity index (χ0n) is 37.8. The molecule has 0 amide bonds. The second-order valence-electron chi connectivity index (χ2n) is 19.6. The Morgan fingerprint density at radius 2 is 0.881 bits per heavy atom. The number of benzene rings is 9. The third-order valence-electron chi connectivity index (χ3n) is 15.2. The van der Waals surface area contributed by atoms with Crippen molar-refractivity contribution in [2.75, 3.05) is 0 Å². The number of hydrogen-bond donors (Lipinski definition) is 0. The van der Waals surface area contributed by atoms with E-state index in [9.17, 15) is 0 Å². The molecule has 0 radical (unpaired) electrons. The molecular formula is C63H44N4. The molecular weight excluding hydrogens is 813 g/mol. The molecule has 67 heavy (non-hydrogen) atoms. The van der Waals surface area contributed by atoms with Crippen LogP contribution < -0.4 is 0 Å². The topological polar surface area (TPSA) is 43.6 Å². The van der Waals surface area contributed by atoms with E-state index in [4.69, 9.17) is 15.0 Å². The van der Waals surface area contributed by atoms with Crippen LogP contribution in [0.5, 0.6) is 0 Å². The molecule has 0 atom stereocenters. The number of nitrogens with zero attached hydrogens (tertiary/aromatic N) is 4. The molecule has 2 aromatic heterocycles. The average Bonchev–Trinajstić information content (AvgIpc) is 3.89. The van der Waals surface area contributed by atoms with Crippen LogP contribution >= 0.6 is 0 Å². The van der Waals surface area contributed by atoms with Crippen molar-refractivity contribution in [1.29, 1.82) is 0 Å². The summed E-state index contributed by atoms with van der Waals surface area (Å²) < 4.78 is 2.52. The van der Waals surface area contributed by atoms with Crippen LogP contribution in [0.4, 0.5) is 0 Å². The first-order chi connectivity index (χ1) is 32.7. The van der Waals surface area contributed by atoms with Crippen molar-refractivity contribution in [3.05, 3.63) is 216 Å². The van der Waals surface area contributed by atoms with Gasteiger partial charge in [-0.15, -0.1) is 0 Å².